The van der Waals surface area contributed by atoms with Gasteiger partial charge in [0.25, 0.3) is 0 Å². The van der Waals surface area contributed by atoms with E-state index >= 15 is 0 Å². The molecule has 0 bridgehead atoms. The largest absolute Gasteiger partial charge is 0.457 e. The Kier molecular flexibility index (Phi) is 7.24. The van der Waals surface area contributed by atoms with Crippen molar-refractivity contribution >= 4 is 64.2 Å². The molecule has 60 heavy (non-hydrogen) atoms. The van der Waals surface area contributed by atoms with Gasteiger partial charge in [-0.2, -0.15) is 0 Å². The lowest BCUT2D eigenvalue weighted by molar-refractivity contribution is 0.436. The normalized spacial score (nSPS) is 14.6. The number of rotatable bonds is 5. The van der Waals surface area contributed by atoms with Crippen molar-refractivity contribution in [2.45, 2.75) is 30.6 Å². The molecule has 2 unspecified atom stereocenters. The highest BCUT2D eigenvalue weighted by Crippen LogP contribution is 2.63. The van der Waals surface area contributed by atoms with E-state index in [0.29, 0.717) is 0 Å². The summed E-state index contributed by atoms with van der Waals surface area (Å²) in [5, 5.41) is 7.53. The number of thiophene rings is 1. The Morgan fingerprint density at radius 2 is 1.18 bits per heavy atom. The van der Waals surface area contributed by atoms with Crippen LogP contribution in [0.15, 0.2) is 192 Å². The van der Waals surface area contributed by atoms with Crippen LogP contribution in [0.2, 0.25) is 0 Å². The van der Waals surface area contributed by atoms with Crippen LogP contribution in [0, 0.1) is 0 Å². The molecule has 0 saturated heterocycles. The zero-order valence-electron chi connectivity index (χ0n) is 33.0. The molecule has 1 aliphatic heterocycles. The van der Waals surface area contributed by atoms with Crippen molar-refractivity contribution in [3.8, 4) is 22.6 Å². The van der Waals surface area contributed by atoms with Crippen molar-refractivity contribution in [1.29, 1.82) is 0 Å². The maximum atomic E-state index is 6.84. The Bertz CT molecular complexity index is 3500. The second-order valence-electron chi connectivity index (χ2n) is 16.7. The number of para-hydroxylation sites is 4. The van der Waals surface area contributed by atoms with Crippen LogP contribution < -0.4 is 4.74 Å². The molecule has 2 atom stereocenters. The third-order valence-electron chi connectivity index (χ3n) is 13.7. The van der Waals surface area contributed by atoms with Crippen molar-refractivity contribution in [2.24, 2.45) is 0 Å². The van der Waals surface area contributed by atoms with Crippen molar-refractivity contribution in [3.63, 3.8) is 0 Å². The van der Waals surface area contributed by atoms with Gasteiger partial charge < -0.3 is 9.15 Å². The van der Waals surface area contributed by atoms with Crippen LogP contribution in [0.25, 0.3) is 64.0 Å². The van der Waals surface area contributed by atoms with E-state index in [-0.39, 0.29) is 11.8 Å². The molecular weight excluding hydrogens is 749 g/mol. The Balaban J connectivity index is 1.06. The molecule has 0 saturated carbocycles. The molecular formula is C57H38O2S. The smallest absolute Gasteiger partial charge is 0.138 e. The van der Waals surface area contributed by atoms with Crippen molar-refractivity contribution in [3.05, 3.63) is 227 Å². The van der Waals surface area contributed by atoms with Gasteiger partial charge in [0, 0.05) is 42.1 Å². The minimum absolute atomic E-state index is 0.109. The number of ether oxygens (including phenoxy) is 1. The minimum Gasteiger partial charge on any atom is -0.457 e. The fourth-order valence-corrected chi connectivity index (χ4v) is 12.4. The fraction of sp³-hybridized carbons (Fsp3) is 0.0877. The molecule has 0 fully saturated rings. The highest BCUT2D eigenvalue weighted by Gasteiger charge is 2.51. The highest BCUT2D eigenvalue weighted by molar-refractivity contribution is 7.26. The average molecular weight is 787 g/mol. The number of fused-ring (bicyclic) bond motifs is 17. The summed E-state index contributed by atoms with van der Waals surface area (Å²) in [4.78, 5) is 0. The standard InChI is InChI=1S/C57H38O2S/c1-34(37-18-12-21-43-40-17-5-11-27-53(40)60-56(37)43)45(42-20-13-19-41-39-16-4-8-24-50(39)59-55(41)42)32-35-28-30-44-49(33-35)57(48-31-29-36-14-2-3-15-38(36)54(44)48)46-22-6-9-25-51(46)58-52-26-10-7-23-47(52)57/h2-31,33-34,45H,32H2,1H3. The van der Waals surface area contributed by atoms with E-state index in [1.54, 1.807) is 0 Å². The van der Waals surface area contributed by atoms with Crippen LogP contribution in [0.1, 0.15) is 57.7 Å². The summed E-state index contributed by atoms with van der Waals surface area (Å²) in [5.74, 6) is 2.10. The molecule has 0 amide bonds. The summed E-state index contributed by atoms with van der Waals surface area (Å²) in [6.07, 6.45) is 0.832. The van der Waals surface area contributed by atoms with Crippen LogP contribution in [0.3, 0.4) is 0 Å². The van der Waals surface area contributed by atoms with Crippen molar-refractivity contribution in [1.82, 2.24) is 0 Å². The number of benzene rings is 9. The molecule has 2 aliphatic rings. The Morgan fingerprint density at radius 1 is 0.517 bits per heavy atom. The van der Waals surface area contributed by atoms with E-state index in [4.69, 9.17) is 9.15 Å². The zero-order valence-corrected chi connectivity index (χ0v) is 33.8. The lowest BCUT2D eigenvalue weighted by Crippen LogP contribution is -2.32. The molecule has 13 rings (SSSR count). The number of hydrogen-bond donors (Lipinski definition) is 0. The first-order chi connectivity index (χ1) is 29.7. The van der Waals surface area contributed by atoms with Crippen LogP contribution in [-0.2, 0) is 11.8 Å². The van der Waals surface area contributed by atoms with Gasteiger partial charge in [0.15, 0.2) is 0 Å². The highest BCUT2D eigenvalue weighted by atomic mass is 32.1. The molecule has 284 valence electrons. The summed E-state index contributed by atoms with van der Waals surface area (Å²) in [5.41, 5.74) is 12.9. The zero-order chi connectivity index (χ0) is 39.5. The van der Waals surface area contributed by atoms with Gasteiger partial charge in [-0.1, -0.05) is 171 Å². The third-order valence-corrected chi connectivity index (χ3v) is 14.9. The Hall–Kier alpha value is -6.94. The summed E-state index contributed by atoms with van der Waals surface area (Å²) in [7, 11) is 0. The van der Waals surface area contributed by atoms with E-state index in [0.717, 1.165) is 34.5 Å². The molecule has 2 aromatic heterocycles. The van der Waals surface area contributed by atoms with Gasteiger partial charge in [0.1, 0.15) is 22.7 Å². The molecule has 3 heteroatoms. The van der Waals surface area contributed by atoms with Crippen LogP contribution in [-0.4, -0.2) is 0 Å². The predicted octanol–water partition coefficient (Wildman–Crippen LogP) is 15.7. The fourth-order valence-electron chi connectivity index (χ4n) is 11.1. The van der Waals surface area contributed by atoms with E-state index in [2.05, 4.69) is 195 Å². The molecule has 3 heterocycles. The van der Waals surface area contributed by atoms with E-state index in [1.165, 1.54) is 86.4 Å². The number of hydrogen-bond acceptors (Lipinski definition) is 3. The minimum atomic E-state index is -0.557. The van der Waals surface area contributed by atoms with E-state index in [9.17, 15) is 0 Å². The van der Waals surface area contributed by atoms with Crippen LogP contribution >= 0.6 is 11.3 Å². The summed E-state index contributed by atoms with van der Waals surface area (Å²) >= 11 is 1.92. The Labute approximate surface area is 351 Å². The maximum Gasteiger partial charge on any atom is 0.138 e. The predicted molar refractivity (Wildman–Crippen MR) is 249 cm³/mol. The second kappa shape index (κ2) is 12.8. The SMILES string of the molecule is CC(c1cccc2c1sc1ccccc12)C(Cc1ccc2c(c1)C1(c3ccccc3Oc3ccccc31)c1ccc3ccccc3c1-2)c1cccc2c1oc1ccccc12. The monoisotopic (exact) mass is 786 g/mol. The van der Waals surface area contributed by atoms with Crippen molar-refractivity contribution < 1.29 is 9.15 Å². The van der Waals surface area contributed by atoms with Gasteiger partial charge in [-0.15, -0.1) is 11.3 Å². The molecule has 11 aromatic rings. The van der Waals surface area contributed by atoms with Gasteiger partial charge >= 0.3 is 0 Å². The van der Waals surface area contributed by atoms with Crippen molar-refractivity contribution in [2.75, 3.05) is 0 Å². The summed E-state index contributed by atoms with van der Waals surface area (Å²) in [6.45, 7) is 2.44. The van der Waals surface area contributed by atoms with Gasteiger partial charge in [-0.05, 0) is 92.2 Å². The topological polar surface area (TPSA) is 22.4 Å². The third kappa shape index (κ3) is 4.64. The maximum absolute atomic E-state index is 6.84. The molecule has 2 nitrogen and oxygen atoms in total. The van der Waals surface area contributed by atoms with Crippen LogP contribution in [0.4, 0.5) is 0 Å². The second-order valence-corrected chi connectivity index (χ2v) is 17.7. The van der Waals surface area contributed by atoms with E-state index < -0.39 is 5.41 Å². The lowest BCUT2D eigenvalue weighted by atomic mass is 9.65. The molecule has 9 aromatic carbocycles. The first-order valence-corrected chi connectivity index (χ1v) is 21.8. The molecule has 1 spiro atoms. The summed E-state index contributed by atoms with van der Waals surface area (Å²) in [6, 6.07) is 69.3. The Morgan fingerprint density at radius 3 is 2.02 bits per heavy atom. The quantitative estimate of drug-likeness (QED) is 0.173. The first-order valence-electron chi connectivity index (χ1n) is 21.0. The molecule has 1 aliphatic carbocycles. The first kappa shape index (κ1) is 34.0. The van der Waals surface area contributed by atoms with Crippen LogP contribution in [0.5, 0.6) is 11.5 Å². The molecule has 0 radical (unpaired) electrons. The lowest BCUT2D eigenvalue weighted by Gasteiger charge is -2.39. The van der Waals surface area contributed by atoms with Gasteiger partial charge in [0.2, 0.25) is 0 Å². The van der Waals surface area contributed by atoms with Gasteiger partial charge in [-0.3, -0.25) is 0 Å². The van der Waals surface area contributed by atoms with Gasteiger partial charge in [0.05, 0.1) is 5.41 Å². The van der Waals surface area contributed by atoms with E-state index in [1.807, 2.05) is 11.3 Å². The summed E-state index contributed by atoms with van der Waals surface area (Å²) < 4.78 is 16.3. The number of furan rings is 1. The van der Waals surface area contributed by atoms with Gasteiger partial charge in [-0.25, -0.2) is 0 Å². The average Bonchev–Trinajstić information content (AvgIpc) is 3.97. The molecule has 0 N–H and O–H groups in total.